The number of aromatic amines is 1. The number of amides is 1. The van der Waals surface area contributed by atoms with E-state index < -0.39 is 17.9 Å². The van der Waals surface area contributed by atoms with Crippen molar-refractivity contribution < 1.29 is 19.4 Å². The molecule has 1 amide bonds. The molecule has 0 aliphatic carbocycles. The summed E-state index contributed by atoms with van der Waals surface area (Å²) in [6.45, 7) is 0.522. The summed E-state index contributed by atoms with van der Waals surface area (Å²) in [6.07, 6.45) is 0. The van der Waals surface area contributed by atoms with E-state index in [-0.39, 0.29) is 18.8 Å². The van der Waals surface area contributed by atoms with Gasteiger partial charge < -0.3 is 19.7 Å². The number of fused-ring (bicyclic) bond motifs is 1. The van der Waals surface area contributed by atoms with Crippen LogP contribution in [0.3, 0.4) is 0 Å². The molecule has 2 heterocycles. The number of hydrogen-bond acceptors (Lipinski definition) is 3. The van der Waals surface area contributed by atoms with Gasteiger partial charge in [0.25, 0.3) is 5.91 Å². The summed E-state index contributed by atoms with van der Waals surface area (Å²) in [4.78, 5) is 28.1. The van der Waals surface area contributed by atoms with Crippen LogP contribution in [-0.2, 0) is 9.53 Å². The Morgan fingerprint density at radius 1 is 1.38 bits per heavy atom. The fraction of sp³-hybridized carbons (Fsp3) is 0.286. The summed E-state index contributed by atoms with van der Waals surface area (Å²) in [5.74, 6) is -1.51. The minimum Gasteiger partial charge on any atom is -0.480 e. The van der Waals surface area contributed by atoms with Gasteiger partial charge in [-0.1, -0.05) is 29.8 Å². The van der Waals surface area contributed by atoms with Crippen LogP contribution in [0.2, 0.25) is 5.02 Å². The van der Waals surface area contributed by atoms with Gasteiger partial charge >= 0.3 is 5.97 Å². The molecule has 0 radical (unpaired) electrons. The van der Waals surface area contributed by atoms with Gasteiger partial charge in [-0.15, -0.1) is 0 Å². The van der Waals surface area contributed by atoms with E-state index in [2.05, 4.69) is 4.98 Å². The number of aliphatic carboxylic acids is 1. The third kappa shape index (κ3) is 2.36. The van der Waals surface area contributed by atoms with Gasteiger partial charge in [-0.3, -0.25) is 4.79 Å². The minimum absolute atomic E-state index is 0.0150. The van der Waals surface area contributed by atoms with E-state index in [1.807, 2.05) is 18.2 Å². The fourth-order valence-corrected chi connectivity index (χ4v) is 2.74. The number of carbonyl (C=O) groups is 2. The smallest absolute Gasteiger partial charge is 0.328 e. The molecule has 1 atom stereocenters. The molecule has 2 aromatic rings. The van der Waals surface area contributed by atoms with E-state index in [1.54, 1.807) is 6.07 Å². The molecule has 0 spiro atoms. The predicted octanol–water partition coefficient (Wildman–Crippen LogP) is 1.75. The van der Waals surface area contributed by atoms with Crippen LogP contribution in [-0.4, -0.2) is 52.7 Å². The summed E-state index contributed by atoms with van der Waals surface area (Å²) >= 11 is 6.24. The highest BCUT2D eigenvalue weighted by molar-refractivity contribution is 6.38. The molecule has 1 saturated heterocycles. The van der Waals surface area contributed by atoms with Crippen LogP contribution in [0.15, 0.2) is 24.3 Å². The maximum atomic E-state index is 12.6. The molecule has 1 aliphatic heterocycles. The SMILES string of the molecule is O=C(O)C1COCCN1C(=O)c1[nH]c2ccccc2c1Cl. The number of para-hydroxylation sites is 1. The lowest BCUT2D eigenvalue weighted by atomic mass is 10.2. The van der Waals surface area contributed by atoms with E-state index in [9.17, 15) is 14.7 Å². The number of rotatable bonds is 2. The van der Waals surface area contributed by atoms with Crippen molar-refractivity contribution in [2.45, 2.75) is 6.04 Å². The standard InChI is InChI=1S/C14H13ClN2O4/c15-11-8-3-1-2-4-9(8)16-12(11)13(18)17-5-6-21-7-10(17)14(19)20/h1-4,10,16H,5-7H2,(H,19,20). The van der Waals surface area contributed by atoms with Gasteiger partial charge in [0.05, 0.1) is 18.2 Å². The van der Waals surface area contributed by atoms with Crippen LogP contribution in [0.25, 0.3) is 10.9 Å². The molecule has 0 bridgehead atoms. The first-order valence-electron chi connectivity index (χ1n) is 6.47. The average molecular weight is 309 g/mol. The van der Waals surface area contributed by atoms with Crippen molar-refractivity contribution in [1.29, 1.82) is 0 Å². The van der Waals surface area contributed by atoms with Crippen molar-refractivity contribution in [3.63, 3.8) is 0 Å². The van der Waals surface area contributed by atoms with Crippen molar-refractivity contribution in [2.75, 3.05) is 19.8 Å². The summed E-state index contributed by atoms with van der Waals surface area (Å²) < 4.78 is 5.13. The molecular weight excluding hydrogens is 296 g/mol. The zero-order valence-corrected chi connectivity index (χ0v) is 11.8. The number of carboxylic acids is 1. The lowest BCUT2D eigenvalue weighted by Crippen LogP contribution is -2.52. The van der Waals surface area contributed by atoms with Crippen molar-refractivity contribution in [1.82, 2.24) is 9.88 Å². The van der Waals surface area contributed by atoms with Crippen LogP contribution in [0.5, 0.6) is 0 Å². The number of aromatic nitrogens is 1. The van der Waals surface area contributed by atoms with Crippen LogP contribution in [0.4, 0.5) is 0 Å². The molecule has 3 rings (SSSR count). The molecule has 21 heavy (non-hydrogen) atoms. The lowest BCUT2D eigenvalue weighted by Gasteiger charge is -2.32. The molecule has 7 heteroatoms. The highest BCUT2D eigenvalue weighted by atomic mass is 35.5. The first kappa shape index (κ1) is 13.9. The summed E-state index contributed by atoms with van der Waals surface area (Å²) in [7, 11) is 0. The summed E-state index contributed by atoms with van der Waals surface area (Å²) in [6, 6.07) is 6.28. The monoisotopic (exact) mass is 308 g/mol. The zero-order valence-electron chi connectivity index (χ0n) is 11.0. The third-order valence-electron chi connectivity index (χ3n) is 3.53. The number of benzene rings is 1. The van der Waals surface area contributed by atoms with Gasteiger partial charge in [0.15, 0.2) is 6.04 Å². The predicted molar refractivity (Wildman–Crippen MR) is 76.6 cm³/mol. The molecule has 1 aliphatic rings. The number of nitrogens with one attached hydrogen (secondary N) is 1. The number of ether oxygens (including phenoxy) is 1. The summed E-state index contributed by atoms with van der Waals surface area (Å²) in [5.41, 5.74) is 0.956. The molecule has 110 valence electrons. The van der Waals surface area contributed by atoms with Gasteiger partial charge in [0.2, 0.25) is 0 Å². The van der Waals surface area contributed by atoms with E-state index in [4.69, 9.17) is 16.3 Å². The second-order valence-corrected chi connectivity index (χ2v) is 5.17. The fourth-order valence-electron chi connectivity index (χ4n) is 2.45. The van der Waals surface area contributed by atoms with Crippen molar-refractivity contribution in [3.05, 3.63) is 35.0 Å². The van der Waals surface area contributed by atoms with Gasteiger partial charge in [-0.05, 0) is 6.07 Å². The highest BCUT2D eigenvalue weighted by Crippen LogP contribution is 2.28. The number of halogens is 1. The molecule has 1 fully saturated rings. The largest absolute Gasteiger partial charge is 0.480 e. The number of carbonyl (C=O) groups excluding carboxylic acids is 1. The lowest BCUT2D eigenvalue weighted by molar-refractivity contribution is -0.147. The second-order valence-electron chi connectivity index (χ2n) is 4.79. The molecule has 6 nitrogen and oxygen atoms in total. The molecular formula is C14H13ClN2O4. The minimum atomic E-state index is -1.09. The average Bonchev–Trinajstić information content (AvgIpc) is 2.84. The van der Waals surface area contributed by atoms with E-state index in [1.165, 1.54) is 4.90 Å². The number of carboxylic acid groups (broad SMARTS) is 1. The molecule has 0 saturated carbocycles. The molecule has 2 N–H and O–H groups in total. The van der Waals surface area contributed by atoms with E-state index in [0.29, 0.717) is 11.6 Å². The first-order valence-corrected chi connectivity index (χ1v) is 6.85. The molecule has 1 unspecified atom stereocenters. The Balaban J connectivity index is 1.99. The van der Waals surface area contributed by atoms with Crippen LogP contribution in [0.1, 0.15) is 10.5 Å². The number of hydrogen-bond donors (Lipinski definition) is 2. The third-order valence-corrected chi connectivity index (χ3v) is 3.92. The Bertz CT molecular complexity index is 712. The number of H-pyrrole nitrogens is 1. The normalized spacial score (nSPS) is 18.9. The van der Waals surface area contributed by atoms with Gasteiger partial charge in [0.1, 0.15) is 5.69 Å². The van der Waals surface area contributed by atoms with E-state index >= 15 is 0 Å². The Labute approximate surface area is 125 Å². The van der Waals surface area contributed by atoms with Gasteiger partial charge in [-0.2, -0.15) is 0 Å². The van der Waals surface area contributed by atoms with Crippen LogP contribution < -0.4 is 0 Å². The summed E-state index contributed by atoms with van der Waals surface area (Å²) in [5, 5.41) is 10.2. The maximum absolute atomic E-state index is 12.6. The van der Waals surface area contributed by atoms with Crippen molar-refractivity contribution in [2.24, 2.45) is 0 Å². The van der Waals surface area contributed by atoms with Gasteiger partial charge in [0, 0.05) is 17.4 Å². The number of nitrogens with zero attached hydrogens (tertiary/aromatic N) is 1. The quantitative estimate of drug-likeness (QED) is 0.885. The number of morpholine rings is 1. The Kier molecular flexibility index (Phi) is 3.57. The molecule has 1 aromatic carbocycles. The van der Waals surface area contributed by atoms with Crippen LogP contribution >= 0.6 is 11.6 Å². The Morgan fingerprint density at radius 3 is 2.86 bits per heavy atom. The topological polar surface area (TPSA) is 82.6 Å². The zero-order chi connectivity index (χ0) is 15.0. The maximum Gasteiger partial charge on any atom is 0.328 e. The molecule has 1 aromatic heterocycles. The van der Waals surface area contributed by atoms with E-state index in [0.717, 1.165) is 10.9 Å². The Morgan fingerprint density at radius 2 is 2.14 bits per heavy atom. The van der Waals surface area contributed by atoms with Crippen LogP contribution in [0, 0.1) is 0 Å². The Hall–Kier alpha value is -2.05. The van der Waals surface area contributed by atoms with Gasteiger partial charge in [-0.25, -0.2) is 4.79 Å². The first-order chi connectivity index (χ1) is 10.1. The second kappa shape index (κ2) is 5.38. The highest BCUT2D eigenvalue weighted by Gasteiger charge is 2.34. The van der Waals surface area contributed by atoms with Crippen molar-refractivity contribution in [3.8, 4) is 0 Å². The van der Waals surface area contributed by atoms with Crippen molar-refractivity contribution >= 4 is 34.4 Å².